The summed E-state index contributed by atoms with van der Waals surface area (Å²) in [5.41, 5.74) is 1.37. The molecule has 0 bridgehead atoms. The number of carbonyl (C=O) groups is 1. The minimum atomic E-state index is -0.858. The SMILES string of the molecule is CCCC[C](CCCC)(CCCC)[Sn][c]1ncccc1N1CCN(C(C)=O)CC1. The van der Waals surface area contributed by atoms with Crippen molar-refractivity contribution in [2.45, 2.75) is 88.9 Å². The van der Waals surface area contributed by atoms with E-state index in [4.69, 9.17) is 4.98 Å². The van der Waals surface area contributed by atoms with Gasteiger partial charge in [-0.15, -0.1) is 0 Å². The molecule has 162 valence electrons. The number of rotatable bonds is 12. The predicted octanol–water partition coefficient (Wildman–Crippen LogP) is 4.81. The summed E-state index contributed by atoms with van der Waals surface area (Å²) in [5.74, 6) is 0.199. The first kappa shape index (κ1) is 24.5. The fraction of sp³-hybridized carbons (Fsp3) is 0.750. The Labute approximate surface area is 189 Å². The molecule has 0 N–H and O–H groups in total. The Kier molecular flexibility index (Phi) is 10.8. The Balaban J connectivity index is 2.22. The monoisotopic (exact) mass is 507 g/mol. The molecule has 5 heteroatoms. The molecule has 2 radical (unpaired) electrons. The first-order valence-electron chi connectivity index (χ1n) is 11.8. The standard InChI is InChI=1S/C13H27.C11H14N3O.Sn/c1-4-7-10-13(11-8-5-2)12-9-6-3;1-10(15)13-5-7-14(8-6-13)11-3-2-4-12-9-11;/h4-12H2,1-3H3;2-4H,5-8H2,1H3;. The number of hydrogen-bond donors (Lipinski definition) is 0. The van der Waals surface area contributed by atoms with Crippen LogP contribution in [0.1, 0.15) is 85.5 Å². The van der Waals surface area contributed by atoms with Crippen molar-refractivity contribution < 1.29 is 4.79 Å². The topological polar surface area (TPSA) is 36.4 Å². The molecular weight excluding hydrogens is 465 g/mol. The van der Waals surface area contributed by atoms with Gasteiger partial charge >= 0.3 is 189 Å². The van der Waals surface area contributed by atoms with Crippen LogP contribution in [0.15, 0.2) is 18.3 Å². The van der Waals surface area contributed by atoms with E-state index in [9.17, 15) is 4.79 Å². The summed E-state index contributed by atoms with van der Waals surface area (Å²) in [4.78, 5) is 21.1. The molecule has 4 nitrogen and oxygen atoms in total. The molecule has 2 heterocycles. The van der Waals surface area contributed by atoms with Gasteiger partial charge in [0.1, 0.15) is 0 Å². The van der Waals surface area contributed by atoms with Crippen molar-refractivity contribution in [1.82, 2.24) is 9.88 Å². The van der Waals surface area contributed by atoms with E-state index in [-0.39, 0.29) is 5.91 Å². The molecule has 1 aromatic heterocycles. The summed E-state index contributed by atoms with van der Waals surface area (Å²) in [6, 6.07) is 4.39. The maximum atomic E-state index is 11.7. The number of aromatic nitrogens is 1. The van der Waals surface area contributed by atoms with Gasteiger partial charge in [0, 0.05) is 0 Å². The van der Waals surface area contributed by atoms with Crippen molar-refractivity contribution in [3.63, 3.8) is 0 Å². The fourth-order valence-electron chi connectivity index (χ4n) is 4.37. The third-order valence-corrected chi connectivity index (χ3v) is 11.7. The van der Waals surface area contributed by atoms with Crippen LogP contribution in [-0.4, -0.2) is 63.1 Å². The Hall–Kier alpha value is -0.781. The van der Waals surface area contributed by atoms with E-state index in [2.05, 4.69) is 37.8 Å². The zero-order valence-electron chi connectivity index (χ0n) is 19.2. The van der Waals surface area contributed by atoms with Gasteiger partial charge in [0.15, 0.2) is 0 Å². The molecule has 0 saturated carbocycles. The van der Waals surface area contributed by atoms with Crippen molar-refractivity contribution in [1.29, 1.82) is 0 Å². The van der Waals surface area contributed by atoms with Crippen LogP contribution in [0.25, 0.3) is 0 Å². The van der Waals surface area contributed by atoms with Crippen molar-refractivity contribution in [3.8, 4) is 0 Å². The van der Waals surface area contributed by atoms with Gasteiger partial charge in [-0.05, 0) is 0 Å². The third-order valence-electron chi connectivity index (χ3n) is 6.26. The van der Waals surface area contributed by atoms with E-state index < -0.39 is 21.1 Å². The van der Waals surface area contributed by atoms with Crippen LogP contribution in [0, 0.1) is 0 Å². The molecule has 0 aliphatic carbocycles. The number of carbonyl (C=O) groups excluding carboxylic acids is 1. The van der Waals surface area contributed by atoms with E-state index in [1.54, 1.807) is 6.92 Å². The molecule has 29 heavy (non-hydrogen) atoms. The van der Waals surface area contributed by atoms with Crippen LogP contribution < -0.4 is 8.61 Å². The Morgan fingerprint density at radius 3 is 2.03 bits per heavy atom. The quantitative estimate of drug-likeness (QED) is 0.382. The van der Waals surface area contributed by atoms with Crippen LogP contribution in [0.4, 0.5) is 5.69 Å². The van der Waals surface area contributed by atoms with E-state index in [1.807, 2.05) is 11.1 Å². The number of nitrogens with zero attached hydrogens (tertiary/aromatic N) is 3. The Bertz CT molecular complexity index is 592. The second kappa shape index (κ2) is 12.8. The molecule has 1 aliphatic rings. The summed E-state index contributed by atoms with van der Waals surface area (Å²) < 4.78 is 1.99. The number of anilines is 1. The molecule has 1 amide bonds. The number of pyridine rings is 1. The van der Waals surface area contributed by atoms with Crippen molar-refractivity contribution >= 4 is 36.4 Å². The maximum absolute atomic E-state index is 11.7. The van der Waals surface area contributed by atoms with E-state index in [1.165, 1.54) is 67.2 Å². The summed E-state index contributed by atoms with van der Waals surface area (Å²) in [7, 11) is 0. The van der Waals surface area contributed by atoms with E-state index in [0.717, 1.165) is 26.2 Å². The molecule has 2 rings (SSSR count). The zero-order chi connectivity index (χ0) is 21.1. The summed E-state index contributed by atoms with van der Waals surface area (Å²) in [6.45, 7) is 12.2. The van der Waals surface area contributed by atoms with Crippen LogP contribution in [0.2, 0.25) is 3.43 Å². The van der Waals surface area contributed by atoms with Crippen molar-refractivity contribution in [3.05, 3.63) is 18.3 Å². The minimum absolute atomic E-state index is 0.199. The number of hydrogen-bond acceptors (Lipinski definition) is 3. The van der Waals surface area contributed by atoms with Crippen LogP contribution >= 0.6 is 0 Å². The average Bonchev–Trinajstić information content (AvgIpc) is 2.75. The molecule has 0 spiro atoms. The fourth-order valence-corrected chi connectivity index (χ4v) is 9.84. The van der Waals surface area contributed by atoms with Gasteiger partial charge in [0.2, 0.25) is 0 Å². The number of amides is 1. The van der Waals surface area contributed by atoms with Gasteiger partial charge in [-0.2, -0.15) is 0 Å². The van der Waals surface area contributed by atoms with Crippen LogP contribution in [0.3, 0.4) is 0 Å². The predicted molar refractivity (Wildman–Crippen MR) is 125 cm³/mol. The van der Waals surface area contributed by atoms with Gasteiger partial charge in [-0.1, -0.05) is 0 Å². The van der Waals surface area contributed by atoms with Gasteiger partial charge in [-0.25, -0.2) is 0 Å². The zero-order valence-corrected chi connectivity index (χ0v) is 22.0. The number of unbranched alkanes of at least 4 members (excludes halogenated alkanes) is 3. The molecule has 1 aliphatic heterocycles. The van der Waals surface area contributed by atoms with Gasteiger partial charge in [0.05, 0.1) is 0 Å². The summed E-state index contributed by atoms with van der Waals surface area (Å²) in [6.07, 6.45) is 14.1. The molecule has 1 aromatic rings. The van der Waals surface area contributed by atoms with Crippen molar-refractivity contribution in [2.24, 2.45) is 0 Å². The van der Waals surface area contributed by atoms with Gasteiger partial charge in [-0.3, -0.25) is 0 Å². The molecule has 1 fully saturated rings. The molecular formula is C24H41N3OSn. The third kappa shape index (κ3) is 7.45. The van der Waals surface area contributed by atoms with Gasteiger partial charge < -0.3 is 0 Å². The summed E-state index contributed by atoms with van der Waals surface area (Å²) >= 11 is -0.858. The second-order valence-electron chi connectivity index (χ2n) is 8.58. The second-order valence-corrected chi connectivity index (χ2v) is 13.7. The average molecular weight is 506 g/mol. The normalized spacial score (nSPS) is 15.0. The first-order valence-corrected chi connectivity index (χ1v) is 14.6. The molecule has 0 aromatic carbocycles. The van der Waals surface area contributed by atoms with Crippen LogP contribution in [-0.2, 0) is 4.79 Å². The Morgan fingerprint density at radius 1 is 1.00 bits per heavy atom. The van der Waals surface area contributed by atoms with Crippen molar-refractivity contribution in [2.75, 3.05) is 31.1 Å². The molecule has 0 unspecified atom stereocenters. The van der Waals surface area contributed by atoms with Gasteiger partial charge in [0.25, 0.3) is 0 Å². The molecule has 1 saturated heterocycles. The first-order chi connectivity index (χ1) is 14.0. The molecule has 0 atom stereocenters. The number of piperazine rings is 1. The Morgan fingerprint density at radius 2 is 1.55 bits per heavy atom. The van der Waals surface area contributed by atoms with E-state index in [0.29, 0.717) is 3.43 Å². The summed E-state index contributed by atoms with van der Waals surface area (Å²) in [5, 5.41) is 0. The van der Waals surface area contributed by atoms with Crippen LogP contribution in [0.5, 0.6) is 0 Å². The van der Waals surface area contributed by atoms with E-state index >= 15 is 0 Å².